The van der Waals surface area contributed by atoms with Crippen LogP contribution in [0.15, 0.2) is 47.6 Å². The van der Waals surface area contributed by atoms with Crippen LogP contribution in [0.1, 0.15) is 18.4 Å². The minimum atomic E-state index is -3.74. The zero-order valence-corrected chi connectivity index (χ0v) is 16.6. The Bertz CT molecular complexity index is 1080. The van der Waals surface area contributed by atoms with E-state index in [1.54, 1.807) is 30.6 Å². The summed E-state index contributed by atoms with van der Waals surface area (Å²) in [4.78, 5) is 16.7. The number of carbonyl (C=O) groups excluding carboxylic acids is 1. The molecule has 3 heterocycles. The third-order valence-corrected chi connectivity index (χ3v) is 7.28. The predicted molar refractivity (Wildman–Crippen MR) is 105 cm³/mol. The third-order valence-electron chi connectivity index (χ3n) is 4.84. The number of nitrogens with zero attached hydrogens (tertiary/aromatic N) is 4. The molecule has 0 saturated carbocycles. The molecular weight excluding hydrogens is 398 g/mol. The maximum absolute atomic E-state index is 13.2. The van der Waals surface area contributed by atoms with E-state index >= 15 is 0 Å². The first kappa shape index (κ1) is 18.9. The fourth-order valence-corrected chi connectivity index (χ4v) is 5.61. The highest BCUT2D eigenvalue weighted by Gasteiger charge is 2.34. The Kier molecular flexibility index (Phi) is 5.33. The van der Waals surface area contributed by atoms with E-state index in [9.17, 15) is 13.2 Å². The Hall–Kier alpha value is -2.43. The minimum Gasteiger partial charge on any atom is -0.352 e. The van der Waals surface area contributed by atoms with Crippen LogP contribution in [0.2, 0.25) is 0 Å². The molecule has 0 spiro atoms. The maximum atomic E-state index is 13.2. The molecule has 1 atom stereocenters. The highest BCUT2D eigenvalue weighted by atomic mass is 32.2. The van der Waals surface area contributed by atoms with Gasteiger partial charge >= 0.3 is 0 Å². The van der Waals surface area contributed by atoms with Crippen molar-refractivity contribution < 1.29 is 13.2 Å². The second-order valence-corrected chi connectivity index (χ2v) is 9.10. The number of fused-ring (bicyclic) bond motifs is 1. The number of carbonyl (C=O) groups is 1. The van der Waals surface area contributed by atoms with Crippen molar-refractivity contribution in [3.05, 3.63) is 48.3 Å². The summed E-state index contributed by atoms with van der Waals surface area (Å²) < 4.78 is 36.0. The van der Waals surface area contributed by atoms with E-state index in [4.69, 9.17) is 0 Å². The van der Waals surface area contributed by atoms with Crippen molar-refractivity contribution in [2.24, 2.45) is 5.92 Å². The molecule has 1 fully saturated rings. The van der Waals surface area contributed by atoms with Gasteiger partial charge in [-0.1, -0.05) is 6.07 Å². The van der Waals surface area contributed by atoms with Gasteiger partial charge in [0.25, 0.3) is 0 Å². The molecule has 4 rings (SSSR count). The van der Waals surface area contributed by atoms with E-state index in [0.29, 0.717) is 37.0 Å². The quantitative estimate of drug-likeness (QED) is 0.679. The number of amides is 1. The van der Waals surface area contributed by atoms with Crippen LogP contribution in [-0.4, -0.2) is 45.5 Å². The number of sulfonamides is 1. The summed E-state index contributed by atoms with van der Waals surface area (Å²) >= 11 is 0.988. The van der Waals surface area contributed by atoms with Gasteiger partial charge in [0.15, 0.2) is 0 Å². The second kappa shape index (κ2) is 7.90. The SMILES string of the molecule is O=C(NCc1ccncc1)C1CCCN(S(=O)(=O)c2cccc3nsnc23)C1. The number of rotatable bonds is 5. The number of nitrogens with one attached hydrogen (secondary N) is 1. The van der Waals surface area contributed by atoms with Crippen LogP contribution in [0.25, 0.3) is 11.0 Å². The molecule has 0 bridgehead atoms. The lowest BCUT2D eigenvalue weighted by molar-refractivity contribution is -0.126. The van der Waals surface area contributed by atoms with Crippen molar-refractivity contribution in [3.8, 4) is 0 Å². The van der Waals surface area contributed by atoms with Gasteiger partial charge in [0.2, 0.25) is 15.9 Å². The molecule has 1 aromatic carbocycles. The van der Waals surface area contributed by atoms with Crippen molar-refractivity contribution in [2.45, 2.75) is 24.3 Å². The lowest BCUT2D eigenvalue weighted by atomic mass is 9.99. The van der Waals surface area contributed by atoms with Gasteiger partial charge in [-0.3, -0.25) is 9.78 Å². The summed E-state index contributed by atoms with van der Waals surface area (Å²) in [6, 6.07) is 8.62. The van der Waals surface area contributed by atoms with Gasteiger partial charge in [-0.25, -0.2) is 8.42 Å². The van der Waals surface area contributed by atoms with E-state index < -0.39 is 10.0 Å². The molecular formula is C18H19N5O3S2. The highest BCUT2D eigenvalue weighted by Crippen LogP contribution is 2.28. The number of pyridine rings is 1. The molecule has 1 unspecified atom stereocenters. The van der Waals surface area contributed by atoms with Crippen molar-refractivity contribution >= 4 is 38.7 Å². The molecule has 1 saturated heterocycles. The first-order chi connectivity index (χ1) is 13.6. The van der Waals surface area contributed by atoms with Gasteiger partial charge in [-0.15, -0.1) is 0 Å². The third kappa shape index (κ3) is 3.75. The highest BCUT2D eigenvalue weighted by molar-refractivity contribution is 7.89. The van der Waals surface area contributed by atoms with Crippen molar-refractivity contribution in [1.29, 1.82) is 0 Å². The molecule has 1 amide bonds. The standard InChI is InChI=1S/C18H19N5O3S2/c24-18(20-11-13-6-8-19-9-7-13)14-3-2-10-23(12-14)28(25,26)16-5-1-4-15-17(16)22-27-21-15/h1,4-9,14H,2-3,10-12H2,(H,20,24). The van der Waals surface area contributed by atoms with E-state index in [2.05, 4.69) is 19.0 Å². The molecule has 10 heteroatoms. The van der Waals surface area contributed by atoms with E-state index in [1.165, 1.54) is 4.31 Å². The van der Waals surface area contributed by atoms with Crippen LogP contribution in [-0.2, 0) is 21.4 Å². The summed E-state index contributed by atoms with van der Waals surface area (Å²) in [6.07, 6.45) is 4.64. The maximum Gasteiger partial charge on any atom is 0.245 e. The zero-order chi connectivity index (χ0) is 19.6. The minimum absolute atomic E-state index is 0.134. The molecule has 28 heavy (non-hydrogen) atoms. The van der Waals surface area contributed by atoms with Crippen LogP contribution in [0.4, 0.5) is 0 Å². The van der Waals surface area contributed by atoms with E-state index in [-0.39, 0.29) is 23.3 Å². The van der Waals surface area contributed by atoms with Crippen LogP contribution in [0, 0.1) is 5.92 Å². The average Bonchev–Trinajstić information content (AvgIpc) is 3.21. The van der Waals surface area contributed by atoms with E-state index in [1.807, 2.05) is 12.1 Å². The van der Waals surface area contributed by atoms with Gasteiger partial charge < -0.3 is 5.32 Å². The van der Waals surface area contributed by atoms with Gasteiger partial charge in [0, 0.05) is 32.0 Å². The van der Waals surface area contributed by atoms with Gasteiger partial charge in [0.1, 0.15) is 15.9 Å². The molecule has 1 aliphatic heterocycles. The molecule has 1 N–H and O–H groups in total. The van der Waals surface area contributed by atoms with Gasteiger partial charge in [0.05, 0.1) is 17.6 Å². The summed E-state index contributed by atoms with van der Waals surface area (Å²) in [5, 5.41) is 2.90. The zero-order valence-electron chi connectivity index (χ0n) is 15.0. The Labute approximate surface area is 167 Å². The van der Waals surface area contributed by atoms with Gasteiger partial charge in [-0.2, -0.15) is 13.1 Å². The van der Waals surface area contributed by atoms with Crippen LogP contribution < -0.4 is 5.32 Å². The molecule has 1 aliphatic rings. The summed E-state index contributed by atoms with van der Waals surface area (Å²) in [6.45, 7) is 0.956. The lowest BCUT2D eigenvalue weighted by Crippen LogP contribution is -2.45. The summed E-state index contributed by atoms with van der Waals surface area (Å²) in [5.74, 6) is -0.511. The number of piperidine rings is 1. The van der Waals surface area contributed by atoms with Gasteiger partial charge in [-0.05, 0) is 42.7 Å². The Morgan fingerprint density at radius 2 is 2.04 bits per heavy atom. The average molecular weight is 418 g/mol. The number of hydrogen-bond acceptors (Lipinski definition) is 7. The second-order valence-electron chi connectivity index (χ2n) is 6.66. The Balaban J connectivity index is 1.48. The monoisotopic (exact) mass is 417 g/mol. The molecule has 2 aromatic heterocycles. The number of aromatic nitrogens is 3. The first-order valence-electron chi connectivity index (χ1n) is 8.94. The summed E-state index contributed by atoms with van der Waals surface area (Å²) in [7, 11) is -3.74. The Morgan fingerprint density at radius 1 is 1.21 bits per heavy atom. The topological polar surface area (TPSA) is 105 Å². The number of hydrogen-bond donors (Lipinski definition) is 1. The molecule has 3 aromatic rings. The molecule has 0 radical (unpaired) electrons. The first-order valence-corrected chi connectivity index (χ1v) is 11.1. The van der Waals surface area contributed by atoms with Crippen molar-refractivity contribution in [3.63, 3.8) is 0 Å². The predicted octanol–water partition coefficient (Wildman–Crippen LogP) is 1.80. The molecule has 146 valence electrons. The summed E-state index contributed by atoms with van der Waals surface area (Å²) in [5.41, 5.74) is 1.90. The smallest absolute Gasteiger partial charge is 0.245 e. The fraction of sp³-hybridized carbons (Fsp3) is 0.333. The van der Waals surface area contributed by atoms with Crippen molar-refractivity contribution in [1.82, 2.24) is 23.4 Å². The number of benzene rings is 1. The largest absolute Gasteiger partial charge is 0.352 e. The van der Waals surface area contributed by atoms with Crippen LogP contribution in [0.3, 0.4) is 0 Å². The van der Waals surface area contributed by atoms with Crippen LogP contribution in [0.5, 0.6) is 0 Å². The fourth-order valence-electron chi connectivity index (χ4n) is 3.34. The Morgan fingerprint density at radius 3 is 2.86 bits per heavy atom. The lowest BCUT2D eigenvalue weighted by Gasteiger charge is -2.31. The van der Waals surface area contributed by atoms with Crippen LogP contribution >= 0.6 is 11.7 Å². The normalized spacial score (nSPS) is 18.2. The van der Waals surface area contributed by atoms with Crippen molar-refractivity contribution in [2.75, 3.05) is 13.1 Å². The molecule has 8 nitrogen and oxygen atoms in total. The molecule has 0 aliphatic carbocycles. The van der Waals surface area contributed by atoms with E-state index in [0.717, 1.165) is 17.3 Å².